The number of hydrogen-bond donors (Lipinski definition) is 4. The Balaban J connectivity index is 2.03. The van der Waals surface area contributed by atoms with Crippen molar-refractivity contribution in [1.82, 2.24) is 20.2 Å². The Morgan fingerprint density at radius 2 is 2.28 bits per heavy atom. The second kappa shape index (κ2) is 7.63. The van der Waals surface area contributed by atoms with E-state index in [1.165, 1.54) is 6.07 Å². The van der Waals surface area contributed by atoms with Gasteiger partial charge in [0.1, 0.15) is 12.9 Å². The molecule has 2 aromatic rings. The summed E-state index contributed by atoms with van der Waals surface area (Å²) < 4.78 is 0.982. The topological polar surface area (TPSA) is 183 Å². The average Bonchev–Trinajstić information content (AvgIpc) is 2.98. The molecule has 132 valence electrons. The lowest BCUT2D eigenvalue weighted by Gasteiger charge is -2.04. The normalized spacial score (nSPS) is 12.3. The van der Waals surface area contributed by atoms with Crippen molar-refractivity contribution < 1.29 is 25.3 Å². The summed E-state index contributed by atoms with van der Waals surface area (Å²) in [6.45, 7) is -0.362. The first-order valence-electron chi connectivity index (χ1n) is 6.39. The summed E-state index contributed by atoms with van der Waals surface area (Å²) in [4.78, 5) is 25.1. The summed E-state index contributed by atoms with van der Waals surface area (Å²) in [5.74, 6) is -1.80. The van der Waals surface area contributed by atoms with Crippen molar-refractivity contribution in [2.75, 3.05) is 0 Å². The number of quaternary nitrogens is 1. The van der Waals surface area contributed by atoms with Crippen molar-refractivity contribution in [2.24, 2.45) is 5.10 Å². The maximum atomic E-state index is 11.7. The molecule has 0 fully saturated rings. The quantitative estimate of drug-likeness (QED) is 0.286. The van der Waals surface area contributed by atoms with E-state index in [1.54, 1.807) is 0 Å². The molecular weight excluding hydrogens is 362 g/mol. The second-order valence-corrected chi connectivity index (χ2v) is 4.92. The lowest BCUT2D eigenvalue weighted by Crippen LogP contribution is -2.99. The lowest BCUT2D eigenvalue weighted by atomic mass is 10.2. The number of carbonyl (C=O) groups excluding carboxylic acids is 1. The molecule has 0 spiro atoms. The zero-order valence-electron chi connectivity index (χ0n) is 12.2. The summed E-state index contributed by atoms with van der Waals surface area (Å²) in [5, 5.41) is 45.6. The summed E-state index contributed by atoms with van der Waals surface area (Å²) in [7, 11) is 0. The van der Waals surface area contributed by atoms with Gasteiger partial charge >= 0.3 is 11.6 Å². The molecule has 0 saturated heterocycles. The number of amides is 1. The van der Waals surface area contributed by atoms with Crippen molar-refractivity contribution in [3.63, 3.8) is 0 Å². The molecule has 0 radical (unpaired) electrons. The van der Waals surface area contributed by atoms with Gasteiger partial charge in [0, 0.05) is 16.7 Å². The number of hydrogen-bond acceptors (Lipinski definition) is 9. The number of phenolic OH excluding ortho intramolecular Hbond substituents is 1. The zero-order chi connectivity index (χ0) is 18.6. The molecule has 1 heterocycles. The summed E-state index contributed by atoms with van der Waals surface area (Å²) >= 11 is 5.71. The van der Waals surface area contributed by atoms with E-state index in [2.05, 4.69) is 20.6 Å². The van der Waals surface area contributed by atoms with Crippen LogP contribution < -0.4 is 10.7 Å². The van der Waals surface area contributed by atoms with Gasteiger partial charge in [-0.25, -0.2) is 15.3 Å². The molecule has 0 aliphatic heterocycles. The Bertz CT molecular complexity index is 836. The third kappa shape index (κ3) is 4.67. The summed E-state index contributed by atoms with van der Waals surface area (Å²) in [6, 6.07) is 2.19. The molecule has 0 saturated carbocycles. The molecule has 0 bridgehead atoms. The molecule has 2 rings (SSSR count). The van der Waals surface area contributed by atoms with E-state index in [9.17, 15) is 25.2 Å². The molecule has 13 nitrogen and oxygen atoms in total. The number of nitrogens with zero attached hydrogens (tertiary/aromatic N) is 5. The van der Waals surface area contributed by atoms with Gasteiger partial charge in [-0.15, -0.1) is 0 Å². The van der Waals surface area contributed by atoms with Crippen molar-refractivity contribution in [3.8, 4) is 5.75 Å². The van der Waals surface area contributed by atoms with Gasteiger partial charge in [-0.1, -0.05) is 16.7 Å². The van der Waals surface area contributed by atoms with E-state index in [-0.39, 0.29) is 17.1 Å². The summed E-state index contributed by atoms with van der Waals surface area (Å²) in [5.41, 5.74) is 1.40. The van der Waals surface area contributed by atoms with Gasteiger partial charge in [-0.3, -0.25) is 14.9 Å². The number of halogens is 1. The van der Waals surface area contributed by atoms with E-state index in [1.807, 2.05) is 0 Å². The first kappa shape index (κ1) is 18.2. The number of aromatic hydroxyl groups is 1. The van der Waals surface area contributed by atoms with Gasteiger partial charge in [-0.05, 0) is 6.07 Å². The molecule has 0 aliphatic carbocycles. The van der Waals surface area contributed by atoms with Crippen molar-refractivity contribution in [1.29, 1.82) is 0 Å². The highest BCUT2D eigenvalue weighted by Gasteiger charge is 2.17. The lowest BCUT2D eigenvalue weighted by molar-refractivity contribution is -0.995. The number of nitro benzene ring substituents is 1. The monoisotopic (exact) mass is 371 g/mol. The Morgan fingerprint density at radius 1 is 1.56 bits per heavy atom. The molecule has 1 atom stereocenters. The smallest absolute Gasteiger partial charge is 0.379 e. The van der Waals surface area contributed by atoms with Gasteiger partial charge in [0.05, 0.1) is 11.1 Å². The number of nitro groups is 1. The van der Waals surface area contributed by atoms with E-state index in [4.69, 9.17) is 16.8 Å². The predicted molar refractivity (Wildman–Crippen MR) is 81.3 cm³/mol. The standard InChI is InChI=1S/C11H10ClN7O6/c12-7-1-6(10(21)8(2-7)18(22)23)3-14-15-9(20)4-17-5-13-11(16-17)19(24)25/h1-3,5,19,21,24H,4H2,(H,15,20)/b14-3+. The van der Waals surface area contributed by atoms with E-state index in [0.29, 0.717) is 0 Å². The van der Waals surface area contributed by atoms with Crippen LogP contribution in [0.5, 0.6) is 5.75 Å². The third-order valence-corrected chi connectivity index (χ3v) is 2.93. The van der Waals surface area contributed by atoms with E-state index < -0.39 is 33.4 Å². The fourth-order valence-electron chi connectivity index (χ4n) is 1.67. The largest absolute Gasteiger partial charge is 0.592 e. The number of carbonyl (C=O) groups is 1. The van der Waals surface area contributed by atoms with E-state index in [0.717, 1.165) is 23.3 Å². The number of hydrazone groups is 1. The molecule has 1 unspecified atom stereocenters. The Labute approximate surface area is 143 Å². The SMILES string of the molecule is O=C(Cn1cnc([NH+]([O-])O)n1)N/N=C/c1cc(Cl)cc([N+](=O)[O-])c1O. The van der Waals surface area contributed by atoms with Crippen LogP contribution in [0.2, 0.25) is 5.02 Å². The molecule has 25 heavy (non-hydrogen) atoms. The Hall–Kier alpha value is -3.13. The fourth-order valence-corrected chi connectivity index (χ4v) is 1.89. The highest BCUT2D eigenvalue weighted by molar-refractivity contribution is 6.31. The van der Waals surface area contributed by atoms with E-state index >= 15 is 0 Å². The van der Waals surface area contributed by atoms with Gasteiger partial charge < -0.3 is 10.3 Å². The number of aromatic nitrogens is 3. The first-order chi connectivity index (χ1) is 11.8. The van der Waals surface area contributed by atoms with Gasteiger partial charge in [0.15, 0.2) is 0 Å². The molecule has 4 N–H and O–H groups in total. The van der Waals surface area contributed by atoms with Crippen LogP contribution in [0.4, 0.5) is 11.6 Å². The second-order valence-electron chi connectivity index (χ2n) is 4.48. The predicted octanol–water partition coefficient (Wildman–Crippen LogP) is -0.901. The van der Waals surface area contributed by atoms with Crippen LogP contribution >= 0.6 is 11.6 Å². The molecule has 1 aromatic heterocycles. The third-order valence-electron chi connectivity index (χ3n) is 2.71. The zero-order valence-corrected chi connectivity index (χ0v) is 12.9. The minimum atomic E-state index is -1.34. The highest BCUT2D eigenvalue weighted by Crippen LogP contribution is 2.32. The molecule has 1 aromatic carbocycles. The van der Waals surface area contributed by atoms with Crippen molar-refractivity contribution in [3.05, 3.63) is 44.4 Å². The fraction of sp³-hybridized carbons (Fsp3) is 0.0909. The van der Waals surface area contributed by atoms with Gasteiger partial charge in [0.2, 0.25) is 5.75 Å². The number of nitrogens with one attached hydrogen (secondary N) is 2. The number of phenols is 1. The van der Waals surface area contributed by atoms with Crippen LogP contribution in [-0.2, 0) is 11.3 Å². The molecule has 1 amide bonds. The van der Waals surface area contributed by atoms with Gasteiger partial charge in [0.25, 0.3) is 5.91 Å². The van der Waals surface area contributed by atoms with Crippen molar-refractivity contribution >= 4 is 35.4 Å². The Kier molecular flexibility index (Phi) is 5.56. The first-order valence-corrected chi connectivity index (χ1v) is 6.77. The maximum Gasteiger partial charge on any atom is 0.379 e. The molecular formula is C11H10ClN7O6. The van der Waals surface area contributed by atoms with Gasteiger partial charge in [-0.2, -0.15) is 15.3 Å². The molecule has 0 aliphatic rings. The van der Waals surface area contributed by atoms with Crippen LogP contribution in [-0.4, -0.2) is 42.1 Å². The molecule has 14 heteroatoms. The maximum absolute atomic E-state index is 11.7. The van der Waals surface area contributed by atoms with Crippen LogP contribution in [0.25, 0.3) is 0 Å². The minimum absolute atomic E-state index is 0.00101. The number of rotatable bonds is 6. The average molecular weight is 372 g/mol. The van der Waals surface area contributed by atoms with Crippen LogP contribution in [0.1, 0.15) is 5.56 Å². The van der Waals surface area contributed by atoms with Crippen LogP contribution in [0.15, 0.2) is 23.6 Å². The minimum Gasteiger partial charge on any atom is -0.592 e. The van der Waals surface area contributed by atoms with Crippen LogP contribution in [0.3, 0.4) is 0 Å². The number of benzene rings is 1. The highest BCUT2D eigenvalue weighted by atomic mass is 35.5. The van der Waals surface area contributed by atoms with Crippen molar-refractivity contribution in [2.45, 2.75) is 6.54 Å². The Morgan fingerprint density at radius 3 is 2.88 bits per heavy atom. The summed E-state index contributed by atoms with van der Waals surface area (Å²) in [6.07, 6.45) is 2.02. The van der Waals surface area contributed by atoms with Crippen LogP contribution in [0, 0.1) is 15.3 Å².